The van der Waals surface area contributed by atoms with Gasteiger partial charge in [0.2, 0.25) is 0 Å². The number of Topliss-reactive ketones (excluding diaryl/α,β-unsaturated/α-hetero) is 1. The highest BCUT2D eigenvalue weighted by atomic mass is 79.9. The standard InChI is InChI=1S/C12H11BrO3/c13-8-1-2-11-9(5-8)10(14)6-12(16-11)3-4-15-7-12/h1-2,5H,3-4,6-7H2. The molecule has 1 aromatic rings. The van der Waals surface area contributed by atoms with Gasteiger partial charge in [-0.2, -0.15) is 0 Å². The molecule has 1 fully saturated rings. The van der Waals surface area contributed by atoms with Crippen molar-refractivity contribution in [1.82, 2.24) is 0 Å². The first-order chi connectivity index (χ1) is 7.69. The van der Waals surface area contributed by atoms with Crippen molar-refractivity contribution >= 4 is 21.7 Å². The van der Waals surface area contributed by atoms with Crippen LogP contribution < -0.4 is 4.74 Å². The third-order valence-electron chi connectivity index (χ3n) is 3.12. The quantitative estimate of drug-likeness (QED) is 0.734. The predicted molar refractivity (Wildman–Crippen MR) is 61.9 cm³/mol. The summed E-state index contributed by atoms with van der Waals surface area (Å²) < 4.78 is 12.2. The molecule has 0 N–H and O–H groups in total. The molecule has 0 bridgehead atoms. The fourth-order valence-electron chi connectivity index (χ4n) is 2.27. The van der Waals surface area contributed by atoms with Crippen LogP contribution in [0.2, 0.25) is 0 Å². The number of ether oxygens (including phenoxy) is 2. The zero-order valence-electron chi connectivity index (χ0n) is 8.66. The Morgan fingerprint density at radius 2 is 2.25 bits per heavy atom. The number of hydrogen-bond acceptors (Lipinski definition) is 3. The van der Waals surface area contributed by atoms with Crippen molar-refractivity contribution in [1.29, 1.82) is 0 Å². The Hall–Kier alpha value is -0.870. The molecule has 1 unspecified atom stereocenters. The zero-order chi connectivity index (χ0) is 11.2. The molecular weight excluding hydrogens is 272 g/mol. The summed E-state index contributed by atoms with van der Waals surface area (Å²) in [5.74, 6) is 0.831. The highest BCUT2D eigenvalue weighted by Gasteiger charge is 2.43. The average Bonchev–Trinajstić information content (AvgIpc) is 2.68. The van der Waals surface area contributed by atoms with E-state index in [9.17, 15) is 4.79 Å². The molecule has 0 aromatic heterocycles. The Labute approximate surface area is 102 Å². The second kappa shape index (κ2) is 3.57. The molecule has 4 heteroatoms. The molecule has 0 saturated carbocycles. The lowest BCUT2D eigenvalue weighted by molar-refractivity contribution is 0.0306. The van der Waals surface area contributed by atoms with Crippen LogP contribution in [0.1, 0.15) is 23.2 Å². The van der Waals surface area contributed by atoms with E-state index in [1.54, 1.807) is 0 Å². The number of ketones is 1. The fraction of sp³-hybridized carbons (Fsp3) is 0.417. The molecule has 0 amide bonds. The van der Waals surface area contributed by atoms with Gasteiger partial charge in [-0.15, -0.1) is 0 Å². The molecule has 2 aliphatic heterocycles. The number of carbonyl (C=O) groups excluding carboxylic acids is 1. The van der Waals surface area contributed by atoms with Gasteiger partial charge < -0.3 is 9.47 Å². The van der Waals surface area contributed by atoms with Crippen LogP contribution in [0.4, 0.5) is 0 Å². The average molecular weight is 283 g/mol. The molecule has 3 rings (SSSR count). The topological polar surface area (TPSA) is 35.5 Å². The Morgan fingerprint density at radius 1 is 1.38 bits per heavy atom. The van der Waals surface area contributed by atoms with Crippen LogP contribution >= 0.6 is 15.9 Å². The van der Waals surface area contributed by atoms with E-state index in [-0.39, 0.29) is 5.78 Å². The van der Waals surface area contributed by atoms with E-state index in [2.05, 4.69) is 15.9 Å². The fourth-order valence-corrected chi connectivity index (χ4v) is 2.64. The van der Waals surface area contributed by atoms with E-state index in [0.29, 0.717) is 30.9 Å². The number of rotatable bonds is 0. The maximum Gasteiger partial charge on any atom is 0.170 e. The van der Waals surface area contributed by atoms with Gasteiger partial charge in [0.05, 0.1) is 25.2 Å². The van der Waals surface area contributed by atoms with Crippen LogP contribution in [0, 0.1) is 0 Å². The lowest BCUT2D eigenvalue weighted by Gasteiger charge is -2.33. The van der Waals surface area contributed by atoms with Crippen molar-refractivity contribution in [3.05, 3.63) is 28.2 Å². The largest absolute Gasteiger partial charge is 0.484 e. The van der Waals surface area contributed by atoms with Crippen LogP contribution in [-0.4, -0.2) is 24.6 Å². The molecule has 1 atom stereocenters. The van der Waals surface area contributed by atoms with E-state index < -0.39 is 5.60 Å². The van der Waals surface area contributed by atoms with Gasteiger partial charge in [0.15, 0.2) is 5.78 Å². The van der Waals surface area contributed by atoms with Gasteiger partial charge in [-0.25, -0.2) is 0 Å². The Morgan fingerprint density at radius 3 is 3.00 bits per heavy atom. The highest BCUT2D eigenvalue weighted by Crippen LogP contribution is 2.38. The van der Waals surface area contributed by atoms with Crippen molar-refractivity contribution in [3.8, 4) is 5.75 Å². The minimum atomic E-state index is -0.405. The number of carbonyl (C=O) groups is 1. The monoisotopic (exact) mass is 282 g/mol. The second-order valence-corrected chi connectivity index (χ2v) is 5.24. The highest BCUT2D eigenvalue weighted by molar-refractivity contribution is 9.10. The summed E-state index contributed by atoms with van der Waals surface area (Å²) >= 11 is 3.36. The van der Waals surface area contributed by atoms with Crippen molar-refractivity contribution in [3.63, 3.8) is 0 Å². The first-order valence-electron chi connectivity index (χ1n) is 5.28. The van der Waals surface area contributed by atoms with E-state index in [1.165, 1.54) is 0 Å². The van der Waals surface area contributed by atoms with Crippen LogP contribution in [0.25, 0.3) is 0 Å². The van der Waals surface area contributed by atoms with Crippen LogP contribution in [0.5, 0.6) is 5.75 Å². The Bertz CT molecular complexity index is 450. The molecule has 1 aromatic carbocycles. The summed E-state index contributed by atoms with van der Waals surface area (Å²) in [6, 6.07) is 5.55. The molecule has 1 spiro atoms. The number of hydrogen-bond donors (Lipinski definition) is 0. The third-order valence-corrected chi connectivity index (χ3v) is 3.61. The zero-order valence-corrected chi connectivity index (χ0v) is 10.2. The van der Waals surface area contributed by atoms with Gasteiger partial charge in [0.1, 0.15) is 11.4 Å². The molecule has 1 saturated heterocycles. The minimum absolute atomic E-state index is 0.146. The van der Waals surface area contributed by atoms with Gasteiger partial charge in [-0.3, -0.25) is 4.79 Å². The first kappa shape index (κ1) is 10.3. The van der Waals surface area contributed by atoms with Gasteiger partial charge in [0, 0.05) is 10.9 Å². The number of halogens is 1. The first-order valence-corrected chi connectivity index (χ1v) is 6.07. The third kappa shape index (κ3) is 1.57. The van der Waals surface area contributed by atoms with Crippen molar-refractivity contribution in [2.75, 3.05) is 13.2 Å². The lowest BCUT2D eigenvalue weighted by atomic mass is 9.89. The maximum atomic E-state index is 12.0. The molecule has 2 aliphatic rings. The predicted octanol–water partition coefficient (Wildman–Crippen LogP) is 2.57. The van der Waals surface area contributed by atoms with Crippen LogP contribution in [0.15, 0.2) is 22.7 Å². The summed E-state index contributed by atoms with van der Waals surface area (Å²) in [6.45, 7) is 1.20. The molecular formula is C12H11BrO3. The van der Waals surface area contributed by atoms with E-state index in [0.717, 1.165) is 10.9 Å². The number of fused-ring (bicyclic) bond motifs is 1. The lowest BCUT2D eigenvalue weighted by Crippen LogP contribution is -2.42. The smallest absolute Gasteiger partial charge is 0.170 e. The van der Waals surface area contributed by atoms with Gasteiger partial charge in [-0.05, 0) is 18.2 Å². The van der Waals surface area contributed by atoms with Crippen molar-refractivity contribution in [2.45, 2.75) is 18.4 Å². The normalized spacial score (nSPS) is 27.9. The van der Waals surface area contributed by atoms with Crippen molar-refractivity contribution in [2.24, 2.45) is 0 Å². The minimum Gasteiger partial charge on any atom is -0.484 e. The summed E-state index contributed by atoms with van der Waals surface area (Å²) in [6.07, 6.45) is 1.23. The summed E-state index contributed by atoms with van der Waals surface area (Å²) in [4.78, 5) is 12.0. The summed E-state index contributed by atoms with van der Waals surface area (Å²) in [5, 5.41) is 0. The summed E-state index contributed by atoms with van der Waals surface area (Å²) in [5.41, 5.74) is 0.268. The van der Waals surface area contributed by atoms with E-state index >= 15 is 0 Å². The molecule has 2 heterocycles. The Kier molecular flexibility index (Phi) is 2.30. The van der Waals surface area contributed by atoms with Crippen LogP contribution in [0.3, 0.4) is 0 Å². The van der Waals surface area contributed by atoms with Crippen LogP contribution in [-0.2, 0) is 4.74 Å². The SMILES string of the molecule is O=C1CC2(CCOC2)Oc2ccc(Br)cc21. The molecule has 0 aliphatic carbocycles. The number of benzene rings is 1. The second-order valence-electron chi connectivity index (χ2n) is 4.33. The maximum absolute atomic E-state index is 12.0. The molecule has 84 valence electrons. The van der Waals surface area contributed by atoms with Crippen molar-refractivity contribution < 1.29 is 14.3 Å². The molecule has 16 heavy (non-hydrogen) atoms. The van der Waals surface area contributed by atoms with Gasteiger partial charge in [-0.1, -0.05) is 15.9 Å². The van der Waals surface area contributed by atoms with E-state index in [4.69, 9.17) is 9.47 Å². The Balaban J connectivity index is 2.02. The van der Waals surface area contributed by atoms with Gasteiger partial charge >= 0.3 is 0 Å². The van der Waals surface area contributed by atoms with E-state index in [1.807, 2.05) is 18.2 Å². The molecule has 0 radical (unpaired) electrons. The van der Waals surface area contributed by atoms with Gasteiger partial charge in [0.25, 0.3) is 0 Å². The summed E-state index contributed by atoms with van der Waals surface area (Å²) in [7, 11) is 0. The molecule has 3 nitrogen and oxygen atoms in total.